The topological polar surface area (TPSA) is 44.5 Å². The van der Waals surface area contributed by atoms with E-state index in [1.54, 1.807) is 14.2 Å². The minimum atomic E-state index is -0.0740. The lowest BCUT2D eigenvalue weighted by atomic mass is 10.1. The summed E-state index contributed by atoms with van der Waals surface area (Å²) in [6, 6.07) is 3.56. The zero-order valence-corrected chi connectivity index (χ0v) is 9.26. The zero-order chi connectivity index (χ0) is 10.7. The molecule has 78 valence electrons. The lowest BCUT2D eigenvalue weighted by Crippen LogP contribution is -2.05. The summed E-state index contributed by atoms with van der Waals surface area (Å²) < 4.78 is 10.2. The van der Waals surface area contributed by atoms with Crippen molar-refractivity contribution in [2.75, 3.05) is 14.2 Å². The predicted molar refractivity (Wildman–Crippen MR) is 57.2 cm³/mol. The normalized spacial score (nSPS) is 12.4. The van der Waals surface area contributed by atoms with Gasteiger partial charge in [0.2, 0.25) is 0 Å². The van der Waals surface area contributed by atoms with E-state index in [2.05, 4.69) is 0 Å². The molecule has 2 N–H and O–H groups in total. The fourth-order valence-electron chi connectivity index (χ4n) is 1.15. The van der Waals surface area contributed by atoms with Gasteiger partial charge in [0, 0.05) is 6.04 Å². The number of ether oxygens (including phenoxy) is 2. The highest BCUT2D eigenvalue weighted by molar-refractivity contribution is 6.33. The van der Waals surface area contributed by atoms with Crippen molar-refractivity contribution in [2.24, 2.45) is 5.73 Å². The molecule has 0 saturated heterocycles. The minimum absolute atomic E-state index is 0.0740. The Kier molecular flexibility index (Phi) is 3.61. The molecule has 0 bridgehead atoms. The van der Waals surface area contributed by atoms with Crippen molar-refractivity contribution < 1.29 is 9.47 Å². The van der Waals surface area contributed by atoms with Gasteiger partial charge < -0.3 is 15.2 Å². The fraction of sp³-hybridized carbons (Fsp3) is 0.400. The molecule has 14 heavy (non-hydrogen) atoms. The summed E-state index contributed by atoms with van der Waals surface area (Å²) in [6.07, 6.45) is 0. The van der Waals surface area contributed by atoms with Crippen LogP contribution in [0.2, 0.25) is 5.02 Å². The first-order valence-corrected chi connectivity index (χ1v) is 4.65. The number of methoxy groups -OCH3 is 2. The van der Waals surface area contributed by atoms with Crippen LogP contribution in [0.1, 0.15) is 18.5 Å². The summed E-state index contributed by atoms with van der Waals surface area (Å²) >= 11 is 5.99. The first kappa shape index (κ1) is 11.1. The first-order valence-electron chi connectivity index (χ1n) is 4.27. The predicted octanol–water partition coefficient (Wildman–Crippen LogP) is 2.38. The number of benzene rings is 1. The van der Waals surface area contributed by atoms with Crippen molar-refractivity contribution in [3.63, 3.8) is 0 Å². The Hall–Kier alpha value is -0.930. The van der Waals surface area contributed by atoms with E-state index in [4.69, 9.17) is 26.8 Å². The number of rotatable bonds is 3. The molecule has 0 heterocycles. The Balaban J connectivity index is 3.25. The largest absolute Gasteiger partial charge is 0.495 e. The summed E-state index contributed by atoms with van der Waals surface area (Å²) in [7, 11) is 3.12. The Labute approximate surface area is 88.8 Å². The zero-order valence-electron chi connectivity index (χ0n) is 8.50. The molecule has 0 aliphatic carbocycles. The molecule has 0 aliphatic rings. The standard InChI is InChI=1S/C10H14ClNO2/c1-6(12)7-4-8(13-2)10(11)9(5-7)14-3/h4-6H,12H2,1-3H3. The highest BCUT2D eigenvalue weighted by Gasteiger charge is 2.11. The molecule has 1 atom stereocenters. The van der Waals surface area contributed by atoms with Gasteiger partial charge in [0.25, 0.3) is 0 Å². The molecular formula is C10H14ClNO2. The number of hydrogen-bond acceptors (Lipinski definition) is 3. The van der Waals surface area contributed by atoms with Gasteiger partial charge in [0.15, 0.2) is 0 Å². The molecule has 1 unspecified atom stereocenters. The molecule has 0 radical (unpaired) electrons. The molecule has 1 aromatic carbocycles. The van der Waals surface area contributed by atoms with Gasteiger partial charge in [-0.2, -0.15) is 0 Å². The smallest absolute Gasteiger partial charge is 0.141 e. The van der Waals surface area contributed by atoms with Crippen LogP contribution in [0.5, 0.6) is 11.5 Å². The molecular weight excluding hydrogens is 202 g/mol. The quantitative estimate of drug-likeness (QED) is 0.842. The summed E-state index contributed by atoms with van der Waals surface area (Å²) in [4.78, 5) is 0. The van der Waals surface area contributed by atoms with Crippen LogP contribution in [-0.2, 0) is 0 Å². The molecule has 0 amide bonds. The Bertz CT molecular complexity index is 301. The van der Waals surface area contributed by atoms with Crippen LogP contribution in [0.25, 0.3) is 0 Å². The lowest BCUT2D eigenvalue weighted by Gasteiger charge is -2.12. The average Bonchev–Trinajstić information content (AvgIpc) is 2.17. The Morgan fingerprint density at radius 2 is 1.64 bits per heavy atom. The molecule has 1 aromatic rings. The van der Waals surface area contributed by atoms with Gasteiger partial charge >= 0.3 is 0 Å². The molecule has 0 fully saturated rings. The third-order valence-corrected chi connectivity index (χ3v) is 2.37. The van der Waals surface area contributed by atoms with Crippen LogP contribution in [0.4, 0.5) is 0 Å². The monoisotopic (exact) mass is 215 g/mol. The van der Waals surface area contributed by atoms with Gasteiger partial charge in [0.1, 0.15) is 16.5 Å². The maximum absolute atomic E-state index is 5.99. The molecule has 3 nitrogen and oxygen atoms in total. The average molecular weight is 216 g/mol. The first-order chi connectivity index (χ1) is 6.60. The molecule has 0 spiro atoms. The Morgan fingerprint density at radius 3 is 1.93 bits per heavy atom. The van der Waals surface area contributed by atoms with Crippen molar-refractivity contribution in [3.05, 3.63) is 22.7 Å². The van der Waals surface area contributed by atoms with Gasteiger partial charge in [-0.1, -0.05) is 11.6 Å². The van der Waals surface area contributed by atoms with Gasteiger partial charge in [-0.15, -0.1) is 0 Å². The van der Waals surface area contributed by atoms with Gasteiger partial charge in [-0.25, -0.2) is 0 Å². The second-order valence-corrected chi connectivity index (χ2v) is 3.41. The van der Waals surface area contributed by atoms with Crippen LogP contribution in [0.15, 0.2) is 12.1 Å². The lowest BCUT2D eigenvalue weighted by molar-refractivity contribution is 0.393. The highest BCUT2D eigenvalue weighted by Crippen LogP contribution is 2.36. The second-order valence-electron chi connectivity index (χ2n) is 3.03. The SMILES string of the molecule is COc1cc(C(C)N)cc(OC)c1Cl. The van der Waals surface area contributed by atoms with E-state index in [0.29, 0.717) is 16.5 Å². The van der Waals surface area contributed by atoms with Crippen molar-refractivity contribution in [1.82, 2.24) is 0 Å². The number of halogens is 1. The number of nitrogens with two attached hydrogens (primary N) is 1. The molecule has 0 aliphatic heterocycles. The minimum Gasteiger partial charge on any atom is -0.495 e. The van der Waals surface area contributed by atoms with Crippen LogP contribution in [0.3, 0.4) is 0 Å². The summed E-state index contributed by atoms with van der Waals surface area (Å²) in [6.45, 7) is 1.89. The third kappa shape index (κ3) is 2.11. The van der Waals surface area contributed by atoms with Crippen LogP contribution < -0.4 is 15.2 Å². The van der Waals surface area contributed by atoms with E-state index >= 15 is 0 Å². The second kappa shape index (κ2) is 4.53. The number of hydrogen-bond donors (Lipinski definition) is 1. The van der Waals surface area contributed by atoms with Gasteiger partial charge in [-0.3, -0.25) is 0 Å². The maximum Gasteiger partial charge on any atom is 0.141 e. The molecule has 1 rings (SSSR count). The van der Waals surface area contributed by atoms with E-state index < -0.39 is 0 Å². The van der Waals surface area contributed by atoms with Crippen molar-refractivity contribution >= 4 is 11.6 Å². The van der Waals surface area contributed by atoms with Crippen LogP contribution in [-0.4, -0.2) is 14.2 Å². The summed E-state index contributed by atoms with van der Waals surface area (Å²) in [5.41, 5.74) is 6.69. The van der Waals surface area contributed by atoms with E-state index in [1.165, 1.54) is 0 Å². The van der Waals surface area contributed by atoms with E-state index in [0.717, 1.165) is 5.56 Å². The van der Waals surface area contributed by atoms with Crippen molar-refractivity contribution in [1.29, 1.82) is 0 Å². The van der Waals surface area contributed by atoms with Crippen molar-refractivity contribution in [2.45, 2.75) is 13.0 Å². The highest BCUT2D eigenvalue weighted by atomic mass is 35.5. The van der Waals surface area contributed by atoms with E-state index in [-0.39, 0.29) is 6.04 Å². The van der Waals surface area contributed by atoms with E-state index in [9.17, 15) is 0 Å². The van der Waals surface area contributed by atoms with Gasteiger partial charge in [-0.05, 0) is 24.6 Å². The fourth-order valence-corrected chi connectivity index (χ4v) is 1.42. The van der Waals surface area contributed by atoms with Crippen LogP contribution in [0, 0.1) is 0 Å². The molecule has 4 heteroatoms. The van der Waals surface area contributed by atoms with Crippen LogP contribution >= 0.6 is 11.6 Å². The third-order valence-electron chi connectivity index (χ3n) is 1.99. The summed E-state index contributed by atoms with van der Waals surface area (Å²) in [5.74, 6) is 1.16. The van der Waals surface area contributed by atoms with Crippen molar-refractivity contribution in [3.8, 4) is 11.5 Å². The Morgan fingerprint density at radius 1 is 1.21 bits per heavy atom. The van der Waals surface area contributed by atoms with Gasteiger partial charge in [0.05, 0.1) is 14.2 Å². The van der Waals surface area contributed by atoms with E-state index in [1.807, 2.05) is 19.1 Å². The molecule has 0 aromatic heterocycles. The summed E-state index contributed by atoms with van der Waals surface area (Å²) in [5, 5.41) is 0.472. The molecule has 0 saturated carbocycles. The maximum atomic E-state index is 5.99.